The van der Waals surface area contributed by atoms with Crippen LogP contribution in [0.1, 0.15) is 5.56 Å². The second kappa shape index (κ2) is 5.08. The van der Waals surface area contributed by atoms with Crippen molar-refractivity contribution in [3.8, 4) is 0 Å². The van der Waals surface area contributed by atoms with Gasteiger partial charge in [0.05, 0.1) is 18.2 Å². The molecule has 0 spiro atoms. The molecule has 1 aliphatic rings. The van der Waals surface area contributed by atoms with Crippen LogP contribution in [0.5, 0.6) is 0 Å². The van der Waals surface area contributed by atoms with Crippen LogP contribution in [0.4, 0.5) is 8.78 Å². The number of hydrogen-bond donors (Lipinski definition) is 0. The van der Waals surface area contributed by atoms with E-state index in [0.717, 1.165) is 0 Å². The second-order valence-electron chi connectivity index (χ2n) is 3.71. The molecular weight excluding hydrogens is 236 g/mol. The third-order valence-electron chi connectivity index (χ3n) is 2.62. The number of benzene rings is 1. The van der Waals surface area contributed by atoms with E-state index in [1.165, 1.54) is 12.1 Å². The van der Waals surface area contributed by atoms with Crippen molar-refractivity contribution >= 4 is 11.6 Å². The lowest BCUT2D eigenvalue weighted by atomic mass is 10.1. The number of halogens is 3. The van der Waals surface area contributed by atoms with Gasteiger partial charge in [-0.3, -0.25) is 4.90 Å². The van der Waals surface area contributed by atoms with E-state index in [9.17, 15) is 8.78 Å². The van der Waals surface area contributed by atoms with E-state index in [1.807, 2.05) is 4.90 Å². The predicted molar refractivity (Wildman–Crippen MR) is 57.5 cm³/mol. The van der Waals surface area contributed by atoms with Crippen molar-refractivity contribution in [3.63, 3.8) is 0 Å². The Labute approximate surface area is 97.8 Å². The maximum Gasteiger partial charge on any atom is 0.149 e. The number of morpholine rings is 1. The molecule has 2 nitrogen and oxygen atoms in total. The van der Waals surface area contributed by atoms with Gasteiger partial charge in [0.1, 0.15) is 11.6 Å². The van der Waals surface area contributed by atoms with E-state index in [4.69, 9.17) is 16.3 Å². The Morgan fingerprint density at radius 1 is 1.25 bits per heavy atom. The molecule has 1 aromatic rings. The van der Waals surface area contributed by atoms with Crippen LogP contribution >= 0.6 is 11.6 Å². The molecule has 0 radical (unpaired) electrons. The molecule has 1 fully saturated rings. The highest BCUT2D eigenvalue weighted by Crippen LogP contribution is 2.22. The summed E-state index contributed by atoms with van der Waals surface area (Å²) in [5, 5.41) is -0.0374. The van der Waals surface area contributed by atoms with Gasteiger partial charge in [0, 0.05) is 25.2 Å². The van der Waals surface area contributed by atoms with Gasteiger partial charge >= 0.3 is 0 Å². The topological polar surface area (TPSA) is 12.5 Å². The number of rotatable bonds is 2. The van der Waals surface area contributed by atoms with Crippen LogP contribution in [-0.2, 0) is 11.3 Å². The van der Waals surface area contributed by atoms with E-state index in [0.29, 0.717) is 26.3 Å². The Balaban J connectivity index is 2.16. The van der Waals surface area contributed by atoms with Crippen molar-refractivity contribution in [2.75, 3.05) is 26.3 Å². The van der Waals surface area contributed by atoms with Gasteiger partial charge in [-0.25, -0.2) is 8.78 Å². The molecule has 0 N–H and O–H groups in total. The lowest BCUT2D eigenvalue weighted by molar-refractivity contribution is 0.0332. The van der Waals surface area contributed by atoms with Gasteiger partial charge in [0.25, 0.3) is 0 Å². The highest BCUT2D eigenvalue weighted by Gasteiger charge is 2.17. The minimum absolute atomic E-state index is 0.0365. The van der Waals surface area contributed by atoms with Crippen LogP contribution in [0.3, 0.4) is 0 Å². The molecule has 5 heteroatoms. The molecule has 0 atom stereocenters. The van der Waals surface area contributed by atoms with Crippen LogP contribution < -0.4 is 0 Å². The Morgan fingerprint density at radius 2 is 1.94 bits per heavy atom. The highest BCUT2D eigenvalue weighted by molar-refractivity contribution is 6.30. The standard InChI is InChI=1S/C11H12ClF2NO/c12-9-1-2-10(13)8(11(9)14)7-15-3-5-16-6-4-15/h1-2H,3-7H2. The second-order valence-corrected chi connectivity index (χ2v) is 4.12. The van der Waals surface area contributed by atoms with Crippen molar-refractivity contribution in [1.29, 1.82) is 0 Å². The normalized spacial score (nSPS) is 17.7. The Hall–Kier alpha value is -0.710. The van der Waals surface area contributed by atoms with Crippen LogP contribution in [0.15, 0.2) is 12.1 Å². The molecule has 88 valence electrons. The van der Waals surface area contributed by atoms with E-state index < -0.39 is 11.6 Å². The van der Waals surface area contributed by atoms with Crippen LogP contribution in [0.25, 0.3) is 0 Å². The minimum Gasteiger partial charge on any atom is -0.379 e. The van der Waals surface area contributed by atoms with Crippen molar-refractivity contribution in [2.45, 2.75) is 6.54 Å². The summed E-state index contributed by atoms with van der Waals surface area (Å²) in [5.74, 6) is -1.21. The Bertz CT molecular complexity index is 380. The first kappa shape index (κ1) is 11.8. The van der Waals surface area contributed by atoms with Gasteiger partial charge in [0.2, 0.25) is 0 Å². The fourth-order valence-corrected chi connectivity index (χ4v) is 1.87. The molecule has 0 bridgehead atoms. The fourth-order valence-electron chi connectivity index (χ4n) is 1.70. The minimum atomic E-state index is -0.659. The maximum absolute atomic E-state index is 13.6. The maximum atomic E-state index is 13.6. The quantitative estimate of drug-likeness (QED) is 0.745. The first-order chi connectivity index (χ1) is 7.68. The molecular formula is C11H12ClF2NO. The summed E-state index contributed by atoms with van der Waals surface area (Å²) in [7, 11) is 0. The van der Waals surface area contributed by atoms with Gasteiger partial charge in [-0.05, 0) is 12.1 Å². The van der Waals surface area contributed by atoms with Gasteiger partial charge in [-0.1, -0.05) is 11.6 Å². The summed E-state index contributed by atoms with van der Waals surface area (Å²) in [6, 6.07) is 2.43. The zero-order valence-electron chi connectivity index (χ0n) is 8.68. The Morgan fingerprint density at radius 3 is 2.62 bits per heavy atom. The fraction of sp³-hybridized carbons (Fsp3) is 0.455. The van der Waals surface area contributed by atoms with E-state index in [1.54, 1.807) is 0 Å². The smallest absolute Gasteiger partial charge is 0.149 e. The molecule has 0 aliphatic carbocycles. The largest absolute Gasteiger partial charge is 0.379 e. The zero-order chi connectivity index (χ0) is 11.5. The average Bonchev–Trinajstić information content (AvgIpc) is 2.31. The molecule has 1 saturated heterocycles. The third-order valence-corrected chi connectivity index (χ3v) is 2.92. The van der Waals surface area contributed by atoms with Gasteiger partial charge in [0.15, 0.2) is 0 Å². The molecule has 0 aromatic heterocycles. The van der Waals surface area contributed by atoms with Gasteiger partial charge in [-0.2, -0.15) is 0 Å². The van der Waals surface area contributed by atoms with Crippen molar-refractivity contribution < 1.29 is 13.5 Å². The predicted octanol–water partition coefficient (Wildman–Crippen LogP) is 2.45. The van der Waals surface area contributed by atoms with Crippen molar-refractivity contribution in [3.05, 3.63) is 34.4 Å². The van der Waals surface area contributed by atoms with Crippen LogP contribution in [0, 0.1) is 11.6 Å². The molecule has 1 aliphatic heterocycles. The summed E-state index contributed by atoms with van der Waals surface area (Å²) >= 11 is 5.62. The summed E-state index contributed by atoms with van der Waals surface area (Å²) in [4.78, 5) is 1.95. The molecule has 0 unspecified atom stereocenters. The first-order valence-corrected chi connectivity index (χ1v) is 5.49. The SMILES string of the molecule is Fc1ccc(Cl)c(F)c1CN1CCOCC1. The molecule has 16 heavy (non-hydrogen) atoms. The monoisotopic (exact) mass is 247 g/mol. The van der Waals surface area contributed by atoms with Crippen LogP contribution in [0.2, 0.25) is 5.02 Å². The summed E-state index contributed by atoms with van der Waals surface area (Å²) in [6.45, 7) is 2.81. The van der Waals surface area contributed by atoms with E-state index >= 15 is 0 Å². The molecule has 2 rings (SSSR count). The summed E-state index contributed by atoms with van der Waals surface area (Å²) in [6.07, 6.45) is 0. The molecule has 0 amide bonds. The van der Waals surface area contributed by atoms with Gasteiger partial charge < -0.3 is 4.74 Å². The zero-order valence-corrected chi connectivity index (χ0v) is 9.44. The van der Waals surface area contributed by atoms with Crippen molar-refractivity contribution in [2.24, 2.45) is 0 Å². The van der Waals surface area contributed by atoms with Crippen LogP contribution in [-0.4, -0.2) is 31.2 Å². The lowest BCUT2D eigenvalue weighted by Gasteiger charge is -2.26. The number of nitrogens with zero attached hydrogens (tertiary/aromatic N) is 1. The Kier molecular flexibility index (Phi) is 3.74. The number of ether oxygens (including phenoxy) is 1. The molecule has 1 heterocycles. The van der Waals surface area contributed by atoms with Gasteiger partial charge in [-0.15, -0.1) is 0 Å². The third kappa shape index (κ3) is 2.51. The van der Waals surface area contributed by atoms with Crippen molar-refractivity contribution in [1.82, 2.24) is 4.90 Å². The summed E-state index contributed by atoms with van der Waals surface area (Å²) in [5.41, 5.74) is 0.0365. The first-order valence-electron chi connectivity index (χ1n) is 5.11. The summed E-state index contributed by atoms with van der Waals surface area (Å²) < 4.78 is 32.2. The van der Waals surface area contributed by atoms with E-state index in [2.05, 4.69) is 0 Å². The average molecular weight is 248 g/mol. The number of hydrogen-bond acceptors (Lipinski definition) is 2. The molecule has 0 saturated carbocycles. The lowest BCUT2D eigenvalue weighted by Crippen LogP contribution is -2.36. The highest BCUT2D eigenvalue weighted by atomic mass is 35.5. The molecule has 1 aromatic carbocycles. The van der Waals surface area contributed by atoms with E-state index in [-0.39, 0.29) is 17.1 Å².